The zero-order valence-corrected chi connectivity index (χ0v) is 17.0. The molecule has 1 fully saturated rings. The lowest BCUT2D eigenvalue weighted by atomic mass is 9.92. The number of carbonyl (C=O) groups excluding carboxylic acids is 1. The number of carboxylic acid groups (broad SMARTS) is 1. The molecule has 1 aliphatic carbocycles. The molecule has 5 rings (SSSR count). The number of nitrogens with zero attached hydrogens (tertiary/aromatic N) is 2. The highest BCUT2D eigenvalue weighted by atomic mass is 16.5. The van der Waals surface area contributed by atoms with E-state index in [9.17, 15) is 14.7 Å². The first-order valence-electron chi connectivity index (χ1n) is 10.2. The van der Waals surface area contributed by atoms with E-state index in [-0.39, 0.29) is 17.5 Å². The second-order valence-corrected chi connectivity index (χ2v) is 7.85. The quantitative estimate of drug-likeness (QED) is 0.498. The number of aromatic nitrogens is 2. The van der Waals surface area contributed by atoms with E-state index in [2.05, 4.69) is 10.4 Å². The van der Waals surface area contributed by atoms with Crippen molar-refractivity contribution in [1.82, 2.24) is 14.9 Å². The minimum atomic E-state index is -1.01. The van der Waals surface area contributed by atoms with Gasteiger partial charge in [-0.25, -0.2) is 9.31 Å². The number of hydrogen-bond donors (Lipinski definition) is 2. The fourth-order valence-corrected chi connectivity index (χ4v) is 3.99. The second kappa shape index (κ2) is 7.43. The lowest BCUT2D eigenvalue weighted by Gasteiger charge is -2.26. The fourth-order valence-electron chi connectivity index (χ4n) is 3.99. The minimum Gasteiger partial charge on any atom is -0.478 e. The Labute approximate surface area is 178 Å². The van der Waals surface area contributed by atoms with Crippen molar-refractivity contribution >= 4 is 28.2 Å². The molecule has 2 aromatic carbocycles. The Hall–Kier alpha value is -3.87. The molecule has 7 nitrogen and oxygen atoms in total. The first-order valence-corrected chi connectivity index (χ1v) is 10.2. The summed E-state index contributed by atoms with van der Waals surface area (Å²) in [4.78, 5) is 24.1. The molecule has 1 amide bonds. The highest BCUT2D eigenvalue weighted by molar-refractivity contribution is 6.07. The summed E-state index contributed by atoms with van der Waals surface area (Å²) in [7, 11) is 0. The van der Waals surface area contributed by atoms with Gasteiger partial charge >= 0.3 is 5.97 Å². The number of fused-ring (bicyclic) bond motifs is 2. The zero-order valence-electron chi connectivity index (χ0n) is 17.0. The van der Waals surface area contributed by atoms with Gasteiger partial charge in [-0.3, -0.25) is 4.79 Å². The number of rotatable bonds is 5. The molecule has 7 heteroatoms. The van der Waals surface area contributed by atoms with Crippen LogP contribution in [0.3, 0.4) is 0 Å². The number of amides is 1. The first-order chi connectivity index (χ1) is 15.0. The molecule has 0 bridgehead atoms. The van der Waals surface area contributed by atoms with E-state index in [1.54, 1.807) is 19.2 Å². The number of hydrogen-bond acceptors (Lipinski definition) is 4. The minimum absolute atomic E-state index is 0.0511. The van der Waals surface area contributed by atoms with Gasteiger partial charge in [0, 0.05) is 23.9 Å². The van der Waals surface area contributed by atoms with Crippen LogP contribution in [-0.4, -0.2) is 32.6 Å². The summed E-state index contributed by atoms with van der Waals surface area (Å²) < 4.78 is 7.62. The average Bonchev–Trinajstić information content (AvgIpc) is 3.08. The summed E-state index contributed by atoms with van der Waals surface area (Å²) in [5.74, 6) is 0.0463. The highest BCUT2D eigenvalue weighted by Crippen LogP contribution is 2.32. The number of benzene rings is 2. The molecule has 2 aromatic heterocycles. The van der Waals surface area contributed by atoms with Crippen molar-refractivity contribution in [2.75, 3.05) is 0 Å². The molecule has 0 radical (unpaired) electrons. The Kier molecular flexibility index (Phi) is 4.58. The van der Waals surface area contributed by atoms with Crippen molar-refractivity contribution in [1.29, 1.82) is 0 Å². The number of nitrogens with one attached hydrogen (secondary N) is 1. The van der Waals surface area contributed by atoms with Crippen molar-refractivity contribution in [3.63, 3.8) is 0 Å². The van der Waals surface area contributed by atoms with Gasteiger partial charge in [0.15, 0.2) is 5.75 Å². The van der Waals surface area contributed by atoms with Crippen molar-refractivity contribution in [2.24, 2.45) is 0 Å². The van der Waals surface area contributed by atoms with Crippen LogP contribution in [0.4, 0.5) is 0 Å². The third-order valence-electron chi connectivity index (χ3n) is 5.89. The summed E-state index contributed by atoms with van der Waals surface area (Å²) in [6.07, 6.45) is 6.29. The molecule has 1 saturated carbocycles. The standard InChI is InChI=1S/C24H21N3O4/c1-14-20(24(29)30)13-27-22(14)21(10-11-25-27)31-17-8-9-18-15(12-17)4-2-7-19(18)23(28)26-16-5-3-6-16/h2,4,7-13,16H,3,5-6H2,1H3,(H,26,28)(H,29,30). The summed E-state index contributed by atoms with van der Waals surface area (Å²) in [5, 5.41) is 18.4. The average molecular weight is 415 g/mol. The summed E-state index contributed by atoms with van der Waals surface area (Å²) in [6.45, 7) is 1.74. The van der Waals surface area contributed by atoms with Gasteiger partial charge in [-0.05, 0) is 66.8 Å². The van der Waals surface area contributed by atoms with Crippen molar-refractivity contribution in [2.45, 2.75) is 32.2 Å². The van der Waals surface area contributed by atoms with E-state index in [0.717, 1.165) is 23.6 Å². The molecule has 0 atom stereocenters. The SMILES string of the molecule is Cc1c(C(=O)O)cn2nccc(Oc3ccc4c(C(=O)NC5CCC5)cccc4c3)c12. The van der Waals surface area contributed by atoms with Gasteiger partial charge in [0.2, 0.25) is 0 Å². The maximum absolute atomic E-state index is 12.7. The lowest BCUT2D eigenvalue weighted by molar-refractivity contribution is 0.0696. The van der Waals surface area contributed by atoms with Crippen LogP contribution in [0, 0.1) is 6.92 Å². The largest absolute Gasteiger partial charge is 0.478 e. The molecular formula is C24H21N3O4. The zero-order chi connectivity index (χ0) is 21.5. The molecule has 156 valence electrons. The predicted octanol–water partition coefficient (Wildman–Crippen LogP) is 4.57. The van der Waals surface area contributed by atoms with Gasteiger partial charge in [-0.15, -0.1) is 0 Å². The smallest absolute Gasteiger partial charge is 0.337 e. The van der Waals surface area contributed by atoms with Crippen molar-refractivity contribution in [3.05, 3.63) is 71.5 Å². The maximum atomic E-state index is 12.7. The molecule has 2 N–H and O–H groups in total. The van der Waals surface area contributed by atoms with Crippen LogP contribution >= 0.6 is 0 Å². The van der Waals surface area contributed by atoms with Crippen LogP contribution in [-0.2, 0) is 0 Å². The summed E-state index contributed by atoms with van der Waals surface area (Å²) in [5.41, 5.74) is 2.03. The molecule has 0 unspecified atom stereocenters. The number of carboxylic acids is 1. The number of aryl methyl sites for hydroxylation is 1. The molecular weight excluding hydrogens is 394 g/mol. The van der Waals surface area contributed by atoms with Crippen LogP contribution in [0.1, 0.15) is 45.5 Å². The van der Waals surface area contributed by atoms with E-state index >= 15 is 0 Å². The van der Waals surface area contributed by atoms with Gasteiger partial charge in [-0.2, -0.15) is 5.10 Å². The Morgan fingerprint density at radius 3 is 2.74 bits per heavy atom. The van der Waals surface area contributed by atoms with Gasteiger partial charge in [-0.1, -0.05) is 12.1 Å². The summed E-state index contributed by atoms with van der Waals surface area (Å²) >= 11 is 0. The van der Waals surface area contributed by atoms with Gasteiger partial charge < -0.3 is 15.2 Å². The molecule has 4 aromatic rings. The van der Waals surface area contributed by atoms with E-state index in [1.807, 2.05) is 36.4 Å². The molecule has 0 aliphatic heterocycles. The number of aromatic carboxylic acids is 1. The number of ether oxygens (including phenoxy) is 1. The molecule has 31 heavy (non-hydrogen) atoms. The maximum Gasteiger partial charge on any atom is 0.337 e. The van der Waals surface area contributed by atoms with Crippen LogP contribution < -0.4 is 10.1 Å². The predicted molar refractivity (Wildman–Crippen MR) is 116 cm³/mol. The monoisotopic (exact) mass is 415 g/mol. The summed E-state index contributed by atoms with van der Waals surface area (Å²) in [6, 6.07) is 13.2. The van der Waals surface area contributed by atoms with Gasteiger partial charge in [0.1, 0.15) is 11.3 Å². The first kappa shape index (κ1) is 19.1. The Morgan fingerprint density at radius 1 is 1.16 bits per heavy atom. The van der Waals surface area contributed by atoms with Crippen LogP contribution in [0.15, 0.2) is 54.9 Å². The van der Waals surface area contributed by atoms with Crippen molar-refractivity contribution in [3.8, 4) is 11.5 Å². The van der Waals surface area contributed by atoms with E-state index < -0.39 is 5.97 Å². The van der Waals surface area contributed by atoms with Crippen LogP contribution in [0.25, 0.3) is 16.3 Å². The van der Waals surface area contributed by atoms with E-state index in [4.69, 9.17) is 4.74 Å². The Bertz CT molecular complexity index is 1340. The second-order valence-electron chi connectivity index (χ2n) is 7.85. The van der Waals surface area contributed by atoms with E-state index in [0.29, 0.717) is 28.1 Å². The molecule has 0 saturated heterocycles. The van der Waals surface area contributed by atoms with E-state index in [1.165, 1.54) is 17.1 Å². The highest BCUT2D eigenvalue weighted by Gasteiger charge is 2.21. The lowest BCUT2D eigenvalue weighted by Crippen LogP contribution is -2.39. The molecule has 0 spiro atoms. The van der Waals surface area contributed by atoms with Gasteiger partial charge in [0.05, 0.1) is 11.8 Å². The normalized spacial score (nSPS) is 13.8. The third-order valence-corrected chi connectivity index (χ3v) is 5.89. The third kappa shape index (κ3) is 3.38. The Balaban J connectivity index is 1.49. The van der Waals surface area contributed by atoms with Gasteiger partial charge in [0.25, 0.3) is 5.91 Å². The molecule has 1 aliphatic rings. The topological polar surface area (TPSA) is 92.9 Å². The number of carbonyl (C=O) groups is 2. The van der Waals surface area contributed by atoms with Crippen molar-refractivity contribution < 1.29 is 19.4 Å². The fraction of sp³-hybridized carbons (Fsp3) is 0.208. The molecule has 2 heterocycles. The van der Waals surface area contributed by atoms with Crippen LogP contribution in [0.2, 0.25) is 0 Å². The van der Waals surface area contributed by atoms with Crippen LogP contribution in [0.5, 0.6) is 11.5 Å². The Morgan fingerprint density at radius 2 is 2.00 bits per heavy atom.